The maximum absolute atomic E-state index is 16.3. The molecule has 37 nitrogen and oxygen atoms in total. The lowest BCUT2D eigenvalue weighted by Crippen LogP contribution is -2.64. The van der Waals surface area contributed by atoms with Gasteiger partial charge in [-0.3, -0.25) is 33.6 Å². The van der Waals surface area contributed by atoms with Gasteiger partial charge in [-0.1, -0.05) is 49.7 Å². The van der Waals surface area contributed by atoms with Crippen LogP contribution >= 0.6 is 11.6 Å². The first kappa shape index (κ1) is 81.3. The van der Waals surface area contributed by atoms with Crippen molar-refractivity contribution < 1.29 is 138 Å². The van der Waals surface area contributed by atoms with E-state index in [9.17, 15) is 80.5 Å². The Balaban J connectivity index is 1.18. The molecule has 110 heavy (non-hydrogen) atoms. The fourth-order valence-electron chi connectivity index (χ4n) is 13.9. The lowest BCUT2D eigenvalue weighted by molar-refractivity contribution is -0.354. The number of halogens is 1. The molecule has 0 spiro atoms. The fraction of sp³-hybridized carbons (Fsp3) is 0.472. The Bertz CT molecular complexity index is 4330. The quantitative estimate of drug-likeness (QED) is 0.0556. The Labute approximate surface area is 631 Å². The van der Waals surface area contributed by atoms with Gasteiger partial charge in [-0.15, -0.1) is 0 Å². The SMILES string of the molecule is CN[C@H](CC(C)C)C(=O)N[C@H]1C(=O)N[C@@H](CC(N)=O)C(=O)N[C@H]2C(=O)N[C@H]3C(=O)N[C@H](C(=O)N[C@H](C(=O)O)c4cc(O)cc(O)c4-c4cc3ccc4O)[C@H](O[C@H]3C[C@](C)(N)[C@@H](O)[C@H](C)O3)c3ccc(cc3)Oc3cc2cc(c3O[C@@H]2O[C@H](CO)[C@@H](O)[C@H](O)[C@H]2O[C@@H]2O[C@@H](C)[C@H](O)[C@@H](O)[C@@H]2O)Oc2ccc(cc2Cl)[C@H]1O. The Morgan fingerprint density at radius 1 is 0.673 bits per heavy atom. The van der Waals surface area contributed by atoms with Crippen LogP contribution in [0, 0.1) is 5.92 Å². The van der Waals surface area contributed by atoms with Crippen molar-refractivity contribution >= 4 is 58.9 Å². The number of primary amides is 1. The van der Waals surface area contributed by atoms with Crippen molar-refractivity contribution in [2.75, 3.05) is 13.7 Å². The first-order chi connectivity index (χ1) is 51.9. The van der Waals surface area contributed by atoms with Crippen LogP contribution in [0.4, 0.5) is 0 Å². The van der Waals surface area contributed by atoms with Gasteiger partial charge < -0.3 is 148 Å². The Hall–Kier alpha value is -9.65. The van der Waals surface area contributed by atoms with Crippen LogP contribution in [-0.4, -0.2) is 232 Å². The van der Waals surface area contributed by atoms with Crippen LogP contribution in [0.15, 0.2) is 84.9 Å². The van der Waals surface area contributed by atoms with E-state index in [0.29, 0.717) is 0 Å². The van der Waals surface area contributed by atoms with Gasteiger partial charge in [-0.05, 0) is 117 Å². The van der Waals surface area contributed by atoms with Gasteiger partial charge in [0.2, 0.25) is 53.4 Å². The molecule has 0 radical (unpaired) electrons. The normalized spacial score (nSPS) is 32.2. The number of aliphatic carboxylic acids is 1. The second kappa shape index (κ2) is 33.1. The average Bonchev–Trinajstić information content (AvgIpc) is 0.763. The molecule has 8 aliphatic heterocycles. The number of carboxylic acids is 1. The van der Waals surface area contributed by atoms with Gasteiger partial charge in [-0.25, -0.2) is 4.79 Å². The summed E-state index contributed by atoms with van der Waals surface area (Å²) in [6.45, 7) is 6.83. The number of fused-ring (bicyclic) bond motifs is 15. The van der Waals surface area contributed by atoms with E-state index in [1.165, 1.54) is 64.2 Å². The molecular formula is C72H86ClN9O28. The number of likely N-dealkylation sites (N-methyl/N-ethyl adjacent to an activating group) is 1. The third-order valence-electron chi connectivity index (χ3n) is 19.8. The first-order valence-corrected chi connectivity index (χ1v) is 35.3. The number of carboxylic acid groups (broad SMARTS) is 1. The van der Waals surface area contributed by atoms with Crippen molar-refractivity contribution in [1.82, 2.24) is 37.2 Å². The van der Waals surface area contributed by atoms with Crippen molar-refractivity contribution in [3.63, 3.8) is 0 Å². The highest BCUT2D eigenvalue weighted by atomic mass is 35.5. The summed E-state index contributed by atoms with van der Waals surface area (Å²) in [7, 11) is 1.46. The molecule has 5 aromatic rings. The van der Waals surface area contributed by atoms with Gasteiger partial charge in [0, 0.05) is 34.7 Å². The van der Waals surface area contributed by atoms with Crippen molar-refractivity contribution in [3.05, 3.63) is 118 Å². The standard InChI is InChI=1S/C72H86ClN9O28/c1-25(2)15-37(76-6)63(95)81-51-54(89)30-10-14-41(36(73)17-30)106-43-19-31-18-42(60(43)109-71-61(57(92)55(90)44(24-83)107-71)110-70-58(93)56(91)53(88)26(3)104-70)105-33-11-7-28(8-12-33)59(108-46-23-72(5,75)62(94)27(4)103-46)52-68(100)80-50(69(101)102)35-20-32(84)21-40(86)47(35)34-16-29(9-13-39(34)85)48(65(97)82-52)79-66(98)49(31)78-64(96)38(22-45(74)87)77-67(51)99/h7-14,16-21,25-27,37-38,44,46,48-59,61-62,70-71,76,83-86,88-94H,15,22-24,75H2,1-6H3,(H2,74,87)(H,77,99)(H,78,96)(H,79,98)(H,80,100)(H,81,95)(H,82,97)(H,101,102)/t26-,27-,37+,38-,44+,46-,48+,49+,50-,51+,52-,53-,54+,55+,56+,57-,58-,59+,61+,62-,70-,71-,72-/m0/s1. The number of carbonyl (C=O) groups excluding carboxylic acids is 7. The number of amides is 7. The van der Waals surface area contributed by atoms with Crippen molar-refractivity contribution in [2.45, 2.75) is 194 Å². The molecular weight excluding hydrogens is 1470 g/mol. The zero-order valence-electron chi connectivity index (χ0n) is 59.6. The smallest absolute Gasteiger partial charge is 0.330 e. The van der Waals surface area contributed by atoms with Crippen molar-refractivity contribution in [3.8, 4) is 57.1 Å². The average molecular weight is 1560 g/mol. The predicted molar refractivity (Wildman–Crippen MR) is 376 cm³/mol. The van der Waals surface area contributed by atoms with E-state index in [1.54, 1.807) is 0 Å². The van der Waals surface area contributed by atoms with Crippen LogP contribution in [0.5, 0.6) is 46.0 Å². The molecule has 0 unspecified atom stereocenters. The summed E-state index contributed by atoms with van der Waals surface area (Å²) in [6.07, 6.45) is -28.3. The van der Waals surface area contributed by atoms with E-state index < -0.39 is 262 Å². The lowest BCUT2D eigenvalue weighted by Gasteiger charge is -2.45. The molecule has 8 aliphatic rings. The summed E-state index contributed by atoms with van der Waals surface area (Å²) in [5.74, 6) is -16.0. The van der Waals surface area contributed by atoms with Gasteiger partial charge in [0.25, 0.3) is 0 Å². The molecule has 23 N–H and O–H groups in total. The van der Waals surface area contributed by atoms with Crippen LogP contribution in [0.25, 0.3) is 11.1 Å². The lowest BCUT2D eigenvalue weighted by atomic mass is 9.86. The number of benzene rings is 5. The molecule has 5 aromatic carbocycles. The fourth-order valence-corrected chi connectivity index (χ4v) is 14.1. The number of aliphatic hydroxyl groups excluding tert-OH is 8. The van der Waals surface area contributed by atoms with E-state index in [2.05, 4.69) is 37.2 Å². The summed E-state index contributed by atoms with van der Waals surface area (Å²) < 4.78 is 50.8. The van der Waals surface area contributed by atoms with Crippen LogP contribution < -0.4 is 62.9 Å². The van der Waals surface area contributed by atoms with Crippen LogP contribution in [0.2, 0.25) is 5.02 Å². The molecule has 7 amide bonds. The largest absolute Gasteiger partial charge is 0.508 e. The zero-order valence-corrected chi connectivity index (χ0v) is 60.4. The molecule has 594 valence electrons. The first-order valence-electron chi connectivity index (χ1n) is 34.9. The van der Waals surface area contributed by atoms with E-state index in [4.69, 9.17) is 61.0 Å². The summed E-state index contributed by atoms with van der Waals surface area (Å²) >= 11 is 7.10. The van der Waals surface area contributed by atoms with E-state index in [-0.39, 0.29) is 46.9 Å². The highest BCUT2D eigenvalue weighted by Crippen LogP contribution is 2.49. The number of nitrogens with two attached hydrogens (primary N) is 2. The number of aromatic hydroxyl groups is 3. The third-order valence-corrected chi connectivity index (χ3v) is 20.1. The van der Waals surface area contributed by atoms with Crippen molar-refractivity contribution in [2.24, 2.45) is 17.4 Å². The minimum absolute atomic E-state index is 0.0709. The minimum Gasteiger partial charge on any atom is -0.508 e. The van der Waals surface area contributed by atoms with E-state index >= 15 is 19.2 Å². The van der Waals surface area contributed by atoms with Gasteiger partial charge in [0.15, 0.2) is 36.2 Å². The number of rotatable bonds is 15. The van der Waals surface area contributed by atoms with Gasteiger partial charge in [0.05, 0.1) is 42.4 Å². The maximum atomic E-state index is 16.3. The Kier molecular flexibility index (Phi) is 24.5. The molecule has 0 aromatic heterocycles. The number of hydrogen-bond donors (Lipinski definition) is 21. The third kappa shape index (κ3) is 17.1. The zero-order chi connectivity index (χ0) is 80.0. The highest BCUT2D eigenvalue weighted by Gasteiger charge is 2.53. The molecule has 3 fully saturated rings. The van der Waals surface area contributed by atoms with Crippen LogP contribution in [-0.2, 0) is 62.0 Å². The molecule has 13 rings (SSSR count). The van der Waals surface area contributed by atoms with Crippen molar-refractivity contribution in [1.29, 1.82) is 0 Å². The number of aliphatic hydroxyl groups is 8. The highest BCUT2D eigenvalue weighted by molar-refractivity contribution is 6.32. The topological polar surface area (TPSA) is 589 Å². The minimum atomic E-state index is -2.38. The second-order valence-corrected chi connectivity index (χ2v) is 28.8. The summed E-state index contributed by atoms with van der Waals surface area (Å²) in [5, 5.41) is 153. The molecule has 0 aliphatic carbocycles. The molecule has 8 heterocycles. The molecule has 38 heteroatoms. The van der Waals surface area contributed by atoms with Gasteiger partial charge >= 0.3 is 5.97 Å². The predicted octanol–water partition coefficient (Wildman–Crippen LogP) is -1.70. The number of carbonyl (C=O) groups is 8. The van der Waals surface area contributed by atoms with Crippen LogP contribution in [0.1, 0.15) is 112 Å². The Morgan fingerprint density at radius 2 is 1.33 bits per heavy atom. The maximum Gasteiger partial charge on any atom is 0.330 e. The summed E-state index contributed by atoms with van der Waals surface area (Å²) in [6, 6.07) is 0.905. The van der Waals surface area contributed by atoms with Crippen LogP contribution in [0.3, 0.4) is 0 Å². The van der Waals surface area contributed by atoms with E-state index in [1.807, 2.05) is 13.8 Å². The summed E-state index contributed by atoms with van der Waals surface area (Å²) in [5.41, 5.74) is 8.22. The molecule has 0 saturated carbocycles. The summed E-state index contributed by atoms with van der Waals surface area (Å²) in [4.78, 5) is 119. The Morgan fingerprint density at radius 3 is 1.97 bits per heavy atom. The number of ether oxygens (including phenoxy) is 8. The molecule has 23 atom stereocenters. The number of nitrogens with one attached hydrogen (secondary N) is 7. The number of phenols is 3. The number of hydrogen-bond acceptors (Lipinski definition) is 29. The molecule has 3 saturated heterocycles. The van der Waals surface area contributed by atoms with Gasteiger partial charge in [0.1, 0.15) is 108 Å². The monoisotopic (exact) mass is 1560 g/mol. The number of phenolic OH excluding ortho intramolecular Hbond substituents is 3. The second-order valence-electron chi connectivity index (χ2n) is 28.4. The molecule has 11 bridgehead atoms. The van der Waals surface area contributed by atoms with E-state index in [0.717, 1.165) is 48.5 Å². The van der Waals surface area contributed by atoms with Gasteiger partial charge in [-0.2, -0.15) is 0 Å².